The summed E-state index contributed by atoms with van der Waals surface area (Å²) in [4.78, 5) is 12.2. The Kier molecular flexibility index (Phi) is 5.17. The van der Waals surface area contributed by atoms with Gasteiger partial charge in [-0.3, -0.25) is 4.79 Å². The summed E-state index contributed by atoms with van der Waals surface area (Å²) < 4.78 is 5.20. The predicted molar refractivity (Wildman–Crippen MR) is 77.8 cm³/mol. The molecule has 1 aromatic heterocycles. The van der Waals surface area contributed by atoms with Crippen molar-refractivity contribution in [1.29, 1.82) is 0 Å². The fraction of sp³-hybridized carbons (Fsp3) is 0.733. The van der Waals surface area contributed by atoms with Gasteiger partial charge < -0.3 is 15.2 Å². The standard InChI is InChI=1S/C15H25N3O2/c1-4-11(5-2)13-9-14(20-18-13)15(19)17-12-6-7-16-10(3)8-12/h9-12,16H,4-8H2,1-3H3,(H,17,19). The lowest BCUT2D eigenvalue weighted by atomic mass is 9.99. The zero-order chi connectivity index (χ0) is 14.5. The van der Waals surface area contributed by atoms with Gasteiger partial charge >= 0.3 is 0 Å². The van der Waals surface area contributed by atoms with Crippen LogP contribution in [0.4, 0.5) is 0 Å². The zero-order valence-corrected chi connectivity index (χ0v) is 12.6. The van der Waals surface area contributed by atoms with Crippen molar-refractivity contribution in [2.45, 2.75) is 64.5 Å². The number of aromatic nitrogens is 1. The number of rotatable bonds is 5. The van der Waals surface area contributed by atoms with Crippen LogP contribution in [-0.2, 0) is 0 Å². The topological polar surface area (TPSA) is 67.2 Å². The Morgan fingerprint density at radius 3 is 2.95 bits per heavy atom. The van der Waals surface area contributed by atoms with E-state index in [9.17, 15) is 4.79 Å². The zero-order valence-electron chi connectivity index (χ0n) is 12.6. The monoisotopic (exact) mass is 279 g/mol. The summed E-state index contributed by atoms with van der Waals surface area (Å²) >= 11 is 0. The second kappa shape index (κ2) is 6.88. The lowest BCUT2D eigenvalue weighted by Gasteiger charge is -2.28. The summed E-state index contributed by atoms with van der Waals surface area (Å²) in [5.41, 5.74) is 0.888. The number of amides is 1. The molecule has 2 N–H and O–H groups in total. The molecule has 0 aliphatic carbocycles. The maximum atomic E-state index is 12.2. The van der Waals surface area contributed by atoms with Crippen LogP contribution >= 0.6 is 0 Å². The Balaban J connectivity index is 1.95. The maximum Gasteiger partial charge on any atom is 0.290 e. The van der Waals surface area contributed by atoms with Crippen LogP contribution in [-0.4, -0.2) is 29.7 Å². The fourth-order valence-corrected chi connectivity index (χ4v) is 2.81. The molecule has 2 unspecified atom stereocenters. The van der Waals surface area contributed by atoms with Crippen molar-refractivity contribution in [3.8, 4) is 0 Å². The molecule has 2 atom stereocenters. The quantitative estimate of drug-likeness (QED) is 0.868. The number of piperidine rings is 1. The third-order valence-electron chi connectivity index (χ3n) is 4.11. The van der Waals surface area contributed by atoms with E-state index in [0.717, 1.165) is 37.9 Å². The van der Waals surface area contributed by atoms with E-state index in [1.165, 1.54) is 0 Å². The fourth-order valence-electron chi connectivity index (χ4n) is 2.81. The molecule has 1 fully saturated rings. The van der Waals surface area contributed by atoms with E-state index in [2.05, 4.69) is 36.6 Å². The van der Waals surface area contributed by atoms with Gasteiger partial charge in [0.15, 0.2) is 0 Å². The Labute approximate surface area is 120 Å². The molecule has 2 rings (SSSR count). The van der Waals surface area contributed by atoms with E-state index in [4.69, 9.17) is 4.52 Å². The third kappa shape index (κ3) is 3.60. The Morgan fingerprint density at radius 1 is 1.55 bits per heavy atom. The number of hydrogen-bond donors (Lipinski definition) is 2. The molecule has 1 saturated heterocycles. The van der Waals surface area contributed by atoms with E-state index in [0.29, 0.717) is 17.7 Å². The number of carbonyl (C=O) groups excluding carboxylic acids is 1. The van der Waals surface area contributed by atoms with E-state index in [-0.39, 0.29) is 11.9 Å². The Morgan fingerprint density at radius 2 is 2.30 bits per heavy atom. The molecule has 0 spiro atoms. The molecule has 1 aliphatic rings. The molecule has 1 aromatic rings. The first-order chi connectivity index (χ1) is 9.63. The van der Waals surface area contributed by atoms with Crippen molar-refractivity contribution in [2.75, 3.05) is 6.54 Å². The van der Waals surface area contributed by atoms with Crippen LogP contribution in [0.3, 0.4) is 0 Å². The van der Waals surface area contributed by atoms with Crippen molar-refractivity contribution in [3.63, 3.8) is 0 Å². The molecule has 1 aliphatic heterocycles. The molecule has 5 nitrogen and oxygen atoms in total. The lowest BCUT2D eigenvalue weighted by molar-refractivity contribution is 0.0888. The van der Waals surface area contributed by atoms with Crippen molar-refractivity contribution in [2.24, 2.45) is 0 Å². The summed E-state index contributed by atoms with van der Waals surface area (Å²) in [6.07, 6.45) is 3.94. The molecule has 0 saturated carbocycles. The highest BCUT2D eigenvalue weighted by Gasteiger charge is 2.23. The molecule has 0 bridgehead atoms. The van der Waals surface area contributed by atoms with Crippen LogP contribution in [0.2, 0.25) is 0 Å². The molecule has 1 amide bonds. The Bertz CT molecular complexity index is 440. The first kappa shape index (κ1) is 15.0. The van der Waals surface area contributed by atoms with Crippen LogP contribution in [0, 0.1) is 0 Å². The summed E-state index contributed by atoms with van der Waals surface area (Å²) in [5.74, 6) is 0.561. The SMILES string of the molecule is CCC(CC)c1cc(C(=O)NC2CCNC(C)C2)on1. The van der Waals surface area contributed by atoms with Crippen LogP contribution in [0.25, 0.3) is 0 Å². The average Bonchev–Trinajstić information content (AvgIpc) is 2.90. The molecule has 112 valence electrons. The van der Waals surface area contributed by atoms with Crippen molar-refractivity contribution < 1.29 is 9.32 Å². The number of hydrogen-bond acceptors (Lipinski definition) is 4. The van der Waals surface area contributed by atoms with Gasteiger partial charge in [0.25, 0.3) is 5.91 Å². The number of carbonyl (C=O) groups is 1. The van der Waals surface area contributed by atoms with Gasteiger partial charge in [-0.1, -0.05) is 19.0 Å². The molecule has 5 heteroatoms. The highest BCUT2D eigenvalue weighted by Crippen LogP contribution is 2.22. The van der Waals surface area contributed by atoms with Crippen LogP contribution in [0.15, 0.2) is 10.6 Å². The molecule has 20 heavy (non-hydrogen) atoms. The van der Waals surface area contributed by atoms with Crippen LogP contribution in [0.1, 0.15) is 68.6 Å². The second-order valence-electron chi connectivity index (χ2n) is 5.68. The van der Waals surface area contributed by atoms with Gasteiger partial charge in [0.05, 0.1) is 5.69 Å². The molecular weight excluding hydrogens is 254 g/mol. The van der Waals surface area contributed by atoms with Crippen LogP contribution in [0.5, 0.6) is 0 Å². The van der Waals surface area contributed by atoms with E-state index < -0.39 is 0 Å². The first-order valence-corrected chi connectivity index (χ1v) is 7.64. The normalized spacial score (nSPS) is 23.0. The van der Waals surface area contributed by atoms with Gasteiger partial charge in [-0.05, 0) is 39.2 Å². The number of nitrogens with zero attached hydrogens (tertiary/aromatic N) is 1. The van der Waals surface area contributed by atoms with E-state index >= 15 is 0 Å². The lowest BCUT2D eigenvalue weighted by Crippen LogP contribution is -2.46. The molecule has 2 heterocycles. The second-order valence-corrected chi connectivity index (χ2v) is 5.68. The molecule has 0 aromatic carbocycles. The molecular formula is C15H25N3O2. The smallest absolute Gasteiger partial charge is 0.290 e. The van der Waals surface area contributed by atoms with Gasteiger partial charge in [0.1, 0.15) is 0 Å². The van der Waals surface area contributed by atoms with Crippen molar-refractivity contribution in [3.05, 3.63) is 17.5 Å². The van der Waals surface area contributed by atoms with Gasteiger partial charge in [-0.2, -0.15) is 0 Å². The van der Waals surface area contributed by atoms with E-state index in [1.54, 1.807) is 6.07 Å². The van der Waals surface area contributed by atoms with Crippen LogP contribution < -0.4 is 10.6 Å². The summed E-state index contributed by atoms with van der Waals surface area (Å²) in [6.45, 7) is 7.33. The minimum Gasteiger partial charge on any atom is -0.351 e. The number of nitrogens with one attached hydrogen (secondary N) is 2. The first-order valence-electron chi connectivity index (χ1n) is 7.64. The van der Waals surface area contributed by atoms with Gasteiger partial charge in [-0.25, -0.2) is 0 Å². The predicted octanol–water partition coefficient (Wildman–Crippen LogP) is 2.45. The Hall–Kier alpha value is -1.36. The summed E-state index contributed by atoms with van der Waals surface area (Å²) in [5, 5.41) is 10.5. The van der Waals surface area contributed by atoms with Gasteiger partial charge in [-0.15, -0.1) is 0 Å². The third-order valence-corrected chi connectivity index (χ3v) is 4.11. The summed E-state index contributed by atoms with van der Waals surface area (Å²) in [7, 11) is 0. The van der Waals surface area contributed by atoms with E-state index in [1.807, 2.05) is 0 Å². The van der Waals surface area contributed by atoms with Gasteiger partial charge in [0, 0.05) is 24.1 Å². The summed E-state index contributed by atoms with van der Waals surface area (Å²) in [6, 6.07) is 2.46. The molecule has 0 radical (unpaired) electrons. The largest absolute Gasteiger partial charge is 0.351 e. The minimum atomic E-state index is -0.145. The van der Waals surface area contributed by atoms with Gasteiger partial charge in [0.2, 0.25) is 5.76 Å². The highest BCUT2D eigenvalue weighted by atomic mass is 16.5. The maximum absolute atomic E-state index is 12.2. The average molecular weight is 279 g/mol. The minimum absolute atomic E-state index is 0.145. The van der Waals surface area contributed by atoms with Crippen molar-refractivity contribution >= 4 is 5.91 Å². The van der Waals surface area contributed by atoms with Crippen molar-refractivity contribution in [1.82, 2.24) is 15.8 Å². The highest BCUT2D eigenvalue weighted by molar-refractivity contribution is 5.91.